The molecule has 0 atom stereocenters. The lowest BCUT2D eigenvalue weighted by Gasteiger charge is -2.40. The van der Waals surface area contributed by atoms with E-state index < -0.39 is 15.2 Å². The summed E-state index contributed by atoms with van der Waals surface area (Å²) in [5, 5.41) is 11.9. The largest absolute Gasteiger partial charge is 0.396 e. The second kappa shape index (κ2) is 5.33. The predicted molar refractivity (Wildman–Crippen MR) is 81.9 cm³/mol. The Labute approximate surface area is 107 Å². The highest BCUT2D eigenvalue weighted by atomic mass is 29.3. The highest BCUT2D eigenvalue weighted by Crippen LogP contribution is 2.27. The van der Waals surface area contributed by atoms with Crippen LogP contribution in [0.25, 0.3) is 0 Å². The molecule has 0 heterocycles. The Bertz CT molecular complexity index is 382. The van der Waals surface area contributed by atoms with Gasteiger partial charge in [-0.05, 0) is 6.42 Å². The lowest BCUT2D eigenvalue weighted by atomic mass is 10.4. The lowest BCUT2D eigenvalue weighted by molar-refractivity contribution is 0.301. The maximum Gasteiger partial charge on any atom is 0.0787 e. The number of aliphatic hydroxyl groups excluding tert-OH is 1. The predicted octanol–water partition coefficient (Wildman–Crippen LogP) is 2.87. The molecule has 1 N–H and O–H groups in total. The van der Waals surface area contributed by atoms with E-state index >= 15 is 0 Å². The summed E-state index contributed by atoms with van der Waals surface area (Å²) in [7, 11) is -2.99. The maximum absolute atomic E-state index is 9.11. The summed E-state index contributed by atoms with van der Waals surface area (Å²) in [6.45, 7) is 14.2. The van der Waals surface area contributed by atoms with Crippen LogP contribution in [0.3, 0.4) is 0 Å². The lowest BCUT2D eigenvalue weighted by Crippen LogP contribution is -2.64. The molecule has 0 amide bonds. The van der Waals surface area contributed by atoms with E-state index in [1.54, 1.807) is 0 Å². The van der Waals surface area contributed by atoms with Crippen LogP contribution in [0.15, 0.2) is 42.1 Å². The minimum atomic E-state index is -1.51. The fourth-order valence-corrected chi connectivity index (χ4v) is 11.2. The molecule has 1 aromatic rings. The maximum atomic E-state index is 9.11. The molecule has 17 heavy (non-hydrogen) atoms. The highest BCUT2D eigenvalue weighted by molar-refractivity contribution is 7.48. The first-order chi connectivity index (χ1) is 7.84. The van der Waals surface area contributed by atoms with Crippen molar-refractivity contribution in [3.8, 4) is 0 Å². The number of hydrogen-bond acceptors (Lipinski definition) is 1. The summed E-state index contributed by atoms with van der Waals surface area (Å²) >= 11 is 0. The van der Waals surface area contributed by atoms with Crippen molar-refractivity contribution >= 4 is 20.4 Å². The Morgan fingerprint density at radius 2 is 1.65 bits per heavy atom. The van der Waals surface area contributed by atoms with E-state index in [1.807, 2.05) is 0 Å². The molecule has 1 nitrogen and oxygen atoms in total. The van der Waals surface area contributed by atoms with Crippen LogP contribution in [0, 0.1) is 0 Å². The van der Waals surface area contributed by atoms with Gasteiger partial charge in [0, 0.05) is 6.61 Å². The number of rotatable bonds is 5. The molecule has 1 rings (SSSR count). The molecule has 0 saturated heterocycles. The minimum Gasteiger partial charge on any atom is -0.396 e. The summed E-state index contributed by atoms with van der Waals surface area (Å²) in [5.41, 5.74) is 0. The van der Waals surface area contributed by atoms with Crippen LogP contribution >= 0.6 is 0 Å². The highest BCUT2D eigenvalue weighted by Gasteiger charge is 2.43. The van der Waals surface area contributed by atoms with Crippen molar-refractivity contribution in [2.45, 2.75) is 32.6 Å². The monoisotopic (exact) mass is 264 g/mol. The van der Waals surface area contributed by atoms with Gasteiger partial charge in [-0.1, -0.05) is 66.9 Å². The van der Waals surface area contributed by atoms with Gasteiger partial charge >= 0.3 is 0 Å². The molecule has 0 aromatic heterocycles. The quantitative estimate of drug-likeness (QED) is 0.811. The van der Waals surface area contributed by atoms with Crippen molar-refractivity contribution in [3.63, 3.8) is 0 Å². The van der Waals surface area contributed by atoms with Crippen LogP contribution in [0.2, 0.25) is 26.2 Å². The summed E-state index contributed by atoms with van der Waals surface area (Å²) in [6, 6.07) is 10.8. The van der Waals surface area contributed by atoms with Gasteiger partial charge in [0.2, 0.25) is 0 Å². The summed E-state index contributed by atoms with van der Waals surface area (Å²) < 4.78 is 0. The smallest absolute Gasteiger partial charge is 0.0787 e. The molecule has 94 valence electrons. The molecule has 0 fully saturated rings. The van der Waals surface area contributed by atoms with Crippen molar-refractivity contribution in [2.75, 3.05) is 6.61 Å². The molecule has 0 spiro atoms. The second-order valence-electron chi connectivity index (χ2n) is 5.69. The van der Waals surface area contributed by atoms with Gasteiger partial charge in [-0.2, -0.15) is 0 Å². The summed E-state index contributed by atoms with van der Waals surface area (Å²) in [4.78, 5) is 0. The van der Waals surface area contributed by atoms with E-state index in [9.17, 15) is 0 Å². The van der Waals surface area contributed by atoms with Crippen LogP contribution in [0.5, 0.6) is 0 Å². The van der Waals surface area contributed by atoms with E-state index in [0.717, 1.165) is 6.42 Å². The Kier molecular flexibility index (Phi) is 4.52. The Balaban J connectivity index is 3.08. The van der Waals surface area contributed by atoms with Crippen molar-refractivity contribution in [2.24, 2.45) is 0 Å². The third-order valence-electron chi connectivity index (χ3n) is 4.36. The van der Waals surface area contributed by atoms with Crippen LogP contribution in [-0.4, -0.2) is 26.9 Å². The molecule has 0 saturated carbocycles. The summed E-state index contributed by atoms with van der Waals surface area (Å²) in [6.07, 6.45) is 0.766. The second-order valence-corrected chi connectivity index (χ2v) is 21.0. The minimum absolute atomic E-state index is 0.231. The Morgan fingerprint density at radius 3 is 2.12 bits per heavy atom. The molecular formula is C14H24OSi2. The SMILES string of the molecule is C=C(CCO)[Si](C)(C)[Si](C)(C)c1ccccc1. The first-order valence-corrected chi connectivity index (χ1v) is 13.2. The van der Waals surface area contributed by atoms with Crippen molar-refractivity contribution < 1.29 is 5.11 Å². The fraction of sp³-hybridized carbons (Fsp3) is 0.429. The molecule has 0 bridgehead atoms. The topological polar surface area (TPSA) is 20.2 Å². The standard InChI is InChI=1S/C14H24OSi2/c1-13(11-12-15)16(2,3)17(4,5)14-9-7-6-8-10-14/h6-10,15H,1,11-12H2,2-5H3. The van der Waals surface area contributed by atoms with Crippen LogP contribution in [0.1, 0.15) is 6.42 Å². The van der Waals surface area contributed by atoms with Gasteiger partial charge in [0.25, 0.3) is 0 Å². The van der Waals surface area contributed by atoms with Gasteiger partial charge in [0.15, 0.2) is 0 Å². The molecule has 1 aromatic carbocycles. The van der Waals surface area contributed by atoms with Gasteiger partial charge in [0.05, 0.1) is 15.2 Å². The van der Waals surface area contributed by atoms with Crippen LogP contribution in [-0.2, 0) is 0 Å². The normalized spacial score (nSPS) is 12.5. The van der Waals surface area contributed by atoms with Crippen molar-refractivity contribution in [1.82, 2.24) is 0 Å². The van der Waals surface area contributed by atoms with Crippen molar-refractivity contribution in [1.29, 1.82) is 0 Å². The zero-order chi connectivity index (χ0) is 13.1. The average molecular weight is 265 g/mol. The van der Waals surface area contributed by atoms with Gasteiger partial charge < -0.3 is 5.11 Å². The third-order valence-corrected chi connectivity index (χ3v) is 22.6. The van der Waals surface area contributed by atoms with Gasteiger partial charge in [0.1, 0.15) is 0 Å². The van der Waals surface area contributed by atoms with E-state index in [2.05, 4.69) is 63.1 Å². The summed E-state index contributed by atoms with van der Waals surface area (Å²) in [5.74, 6) is 0. The molecule has 0 aliphatic heterocycles. The van der Waals surface area contributed by atoms with Gasteiger partial charge in [-0.3, -0.25) is 0 Å². The van der Waals surface area contributed by atoms with Gasteiger partial charge in [-0.15, -0.1) is 6.58 Å². The zero-order valence-electron chi connectivity index (χ0n) is 11.5. The molecule has 0 aliphatic rings. The number of hydrogen-bond donors (Lipinski definition) is 1. The number of aliphatic hydroxyl groups is 1. The van der Waals surface area contributed by atoms with Crippen LogP contribution in [0.4, 0.5) is 0 Å². The molecule has 0 aliphatic carbocycles. The number of benzene rings is 1. The van der Waals surface area contributed by atoms with E-state index in [0.29, 0.717) is 0 Å². The van der Waals surface area contributed by atoms with E-state index in [-0.39, 0.29) is 6.61 Å². The molecule has 3 heteroatoms. The average Bonchev–Trinajstić information content (AvgIpc) is 2.30. The molecule has 0 radical (unpaired) electrons. The Morgan fingerprint density at radius 1 is 1.12 bits per heavy atom. The Hall–Kier alpha value is -0.646. The van der Waals surface area contributed by atoms with Crippen LogP contribution < -0.4 is 5.19 Å². The fourth-order valence-electron chi connectivity index (χ4n) is 2.11. The molecular weight excluding hydrogens is 240 g/mol. The van der Waals surface area contributed by atoms with E-state index in [4.69, 9.17) is 5.11 Å². The zero-order valence-corrected chi connectivity index (χ0v) is 13.5. The first-order valence-electron chi connectivity index (χ1n) is 6.18. The van der Waals surface area contributed by atoms with Gasteiger partial charge in [-0.25, -0.2) is 0 Å². The van der Waals surface area contributed by atoms with E-state index in [1.165, 1.54) is 10.4 Å². The van der Waals surface area contributed by atoms with Crippen molar-refractivity contribution in [3.05, 3.63) is 42.1 Å². The first kappa shape index (κ1) is 14.4. The molecule has 0 unspecified atom stereocenters. The third kappa shape index (κ3) is 2.79.